The maximum Gasteiger partial charge on any atom is 0.349 e. The third-order valence-corrected chi connectivity index (χ3v) is 3.03. The van der Waals surface area contributed by atoms with Crippen LogP contribution in [0.15, 0.2) is 0 Å². The van der Waals surface area contributed by atoms with Gasteiger partial charge < -0.3 is 9.47 Å². The summed E-state index contributed by atoms with van der Waals surface area (Å²) in [6.07, 6.45) is 2.55. The first-order valence-corrected chi connectivity index (χ1v) is 4.19. The van der Waals surface area contributed by atoms with Gasteiger partial charge in [0.25, 0.3) is 0 Å². The van der Waals surface area contributed by atoms with Crippen LogP contribution in [0.3, 0.4) is 0 Å². The lowest BCUT2D eigenvalue weighted by atomic mass is 9.81. The Morgan fingerprint density at radius 1 is 1.33 bits per heavy atom. The third kappa shape index (κ3) is 0.513. The summed E-state index contributed by atoms with van der Waals surface area (Å²) >= 11 is 0. The van der Waals surface area contributed by atoms with E-state index in [0.29, 0.717) is 0 Å². The van der Waals surface area contributed by atoms with Gasteiger partial charge in [0.1, 0.15) is 0 Å². The van der Waals surface area contributed by atoms with Crippen molar-refractivity contribution in [3.8, 4) is 0 Å². The molecule has 3 fully saturated rings. The number of carbonyl (C=O) groups excluding carboxylic acids is 2. The van der Waals surface area contributed by atoms with Gasteiger partial charge in [-0.15, -0.1) is 0 Å². The smallest absolute Gasteiger partial charge is 0.349 e. The lowest BCUT2D eigenvalue weighted by molar-refractivity contribution is -0.154. The Kier molecular flexibility index (Phi) is 0.942. The highest BCUT2D eigenvalue weighted by Gasteiger charge is 2.75. The summed E-state index contributed by atoms with van der Waals surface area (Å²) in [4.78, 5) is 22.3. The van der Waals surface area contributed by atoms with Crippen molar-refractivity contribution in [3.63, 3.8) is 0 Å². The summed E-state index contributed by atoms with van der Waals surface area (Å²) in [5, 5.41) is 0. The second kappa shape index (κ2) is 1.71. The van der Waals surface area contributed by atoms with Crippen molar-refractivity contribution in [2.24, 2.45) is 5.92 Å². The second-order valence-corrected chi connectivity index (χ2v) is 3.59. The molecule has 0 aromatic carbocycles. The zero-order valence-electron chi connectivity index (χ0n) is 6.41. The average Bonchev–Trinajstić information content (AvgIpc) is 2.72. The highest BCUT2D eigenvalue weighted by atomic mass is 16.7. The minimum atomic E-state index is -0.824. The Balaban J connectivity index is 2.04. The standard InChI is InChI=1S/C8H8O4/c9-6-4-2-1-3-5-8(4,12-5)7(10)11-6/h4-5H,1-3H2. The molecule has 3 aliphatic rings. The first-order chi connectivity index (χ1) is 5.75. The van der Waals surface area contributed by atoms with Gasteiger partial charge >= 0.3 is 11.9 Å². The lowest BCUT2D eigenvalue weighted by Gasteiger charge is -2.13. The normalized spacial score (nSPS) is 49.7. The number of hydrogen-bond acceptors (Lipinski definition) is 4. The predicted molar refractivity (Wildman–Crippen MR) is 36.0 cm³/mol. The highest BCUT2D eigenvalue weighted by molar-refractivity contribution is 6.03. The van der Waals surface area contributed by atoms with E-state index in [1.165, 1.54) is 0 Å². The van der Waals surface area contributed by atoms with Crippen LogP contribution >= 0.6 is 0 Å². The van der Waals surface area contributed by atoms with Crippen LogP contribution in [0.25, 0.3) is 0 Å². The summed E-state index contributed by atoms with van der Waals surface area (Å²) < 4.78 is 9.83. The number of ether oxygens (including phenoxy) is 2. The van der Waals surface area contributed by atoms with E-state index < -0.39 is 11.6 Å². The van der Waals surface area contributed by atoms with Crippen LogP contribution in [-0.4, -0.2) is 23.6 Å². The van der Waals surface area contributed by atoms with Gasteiger partial charge in [-0.05, 0) is 19.3 Å². The van der Waals surface area contributed by atoms with Crippen LogP contribution in [0.5, 0.6) is 0 Å². The van der Waals surface area contributed by atoms with Crippen LogP contribution in [0.2, 0.25) is 0 Å². The van der Waals surface area contributed by atoms with Crippen molar-refractivity contribution in [1.29, 1.82) is 0 Å². The number of epoxide rings is 1. The molecular weight excluding hydrogens is 160 g/mol. The fraction of sp³-hybridized carbons (Fsp3) is 0.750. The van der Waals surface area contributed by atoms with E-state index in [1.54, 1.807) is 0 Å². The van der Waals surface area contributed by atoms with Crippen LogP contribution < -0.4 is 0 Å². The highest BCUT2D eigenvalue weighted by Crippen LogP contribution is 2.55. The zero-order chi connectivity index (χ0) is 8.34. The molecular formula is C8H8O4. The molecule has 3 atom stereocenters. The summed E-state index contributed by atoms with van der Waals surface area (Å²) in [6, 6.07) is 0. The first kappa shape index (κ1) is 6.60. The molecule has 0 aromatic rings. The molecule has 4 heteroatoms. The Labute approximate surface area is 68.8 Å². The minimum Gasteiger partial charge on any atom is -0.391 e. The van der Waals surface area contributed by atoms with Crippen molar-refractivity contribution in [2.75, 3.05) is 0 Å². The number of carbonyl (C=O) groups is 2. The van der Waals surface area contributed by atoms with Gasteiger partial charge in [-0.25, -0.2) is 4.79 Å². The first-order valence-electron chi connectivity index (χ1n) is 4.19. The summed E-state index contributed by atoms with van der Waals surface area (Å²) in [5.74, 6) is -1.15. The molecule has 3 unspecified atom stereocenters. The van der Waals surface area contributed by atoms with Crippen LogP contribution in [0.4, 0.5) is 0 Å². The fourth-order valence-electron chi connectivity index (χ4n) is 2.36. The molecule has 12 heavy (non-hydrogen) atoms. The molecule has 3 rings (SSSR count). The molecule has 1 saturated carbocycles. The predicted octanol–water partition coefficient (Wildman–Crippen LogP) is 0.00750. The van der Waals surface area contributed by atoms with Gasteiger partial charge in [-0.3, -0.25) is 4.79 Å². The Morgan fingerprint density at radius 3 is 2.92 bits per heavy atom. The number of cyclic esters (lactones) is 2. The average molecular weight is 168 g/mol. The van der Waals surface area contributed by atoms with Crippen LogP contribution in [0.1, 0.15) is 19.3 Å². The Bertz CT molecular complexity index is 285. The van der Waals surface area contributed by atoms with Crippen LogP contribution in [0, 0.1) is 5.92 Å². The molecule has 0 aromatic heterocycles. The molecule has 2 heterocycles. The second-order valence-electron chi connectivity index (χ2n) is 3.59. The van der Waals surface area contributed by atoms with E-state index >= 15 is 0 Å². The molecule has 2 aliphatic heterocycles. The minimum absolute atomic E-state index is 0.0322. The molecule has 0 bridgehead atoms. The van der Waals surface area contributed by atoms with Gasteiger partial charge in [-0.2, -0.15) is 0 Å². The van der Waals surface area contributed by atoms with Gasteiger partial charge in [0.2, 0.25) is 5.60 Å². The number of rotatable bonds is 0. The lowest BCUT2D eigenvalue weighted by Crippen LogP contribution is -2.33. The molecule has 0 N–H and O–H groups in total. The largest absolute Gasteiger partial charge is 0.391 e. The van der Waals surface area contributed by atoms with Gasteiger partial charge in [0.15, 0.2) is 0 Å². The van der Waals surface area contributed by atoms with Crippen molar-refractivity contribution < 1.29 is 19.1 Å². The monoisotopic (exact) mass is 168 g/mol. The van der Waals surface area contributed by atoms with E-state index in [4.69, 9.17) is 4.74 Å². The van der Waals surface area contributed by atoms with Gasteiger partial charge in [0.05, 0.1) is 12.0 Å². The summed E-state index contributed by atoms with van der Waals surface area (Å²) in [7, 11) is 0. The molecule has 64 valence electrons. The topological polar surface area (TPSA) is 55.9 Å². The van der Waals surface area contributed by atoms with E-state index in [-0.39, 0.29) is 18.0 Å². The molecule has 4 nitrogen and oxygen atoms in total. The van der Waals surface area contributed by atoms with E-state index in [1.807, 2.05) is 0 Å². The van der Waals surface area contributed by atoms with Crippen molar-refractivity contribution >= 4 is 11.9 Å². The summed E-state index contributed by atoms with van der Waals surface area (Å²) in [5.41, 5.74) is -0.824. The van der Waals surface area contributed by atoms with Gasteiger partial charge in [-0.1, -0.05) is 0 Å². The molecule has 1 spiro atoms. The number of hydrogen-bond donors (Lipinski definition) is 0. The van der Waals surface area contributed by atoms with Gasteiger partial charge in [0, 0.05) is 0 Å². The SMILES string of the molecule is O=C1OC(=O)C23OC2CCCC13. The van der Waals surface area contributed by atoms with Crippen LogP contribution in [-0.2, 0) is 19.1 Å². The van der Waals surface area contributed by atoms with E-state index in [0.717, 1.165) is 19.3 Å². The number of esters is 2. The van der Waals surface area contributed by atoms with Crippen molar-refractivity contribution in [2.45, 2.75) is 31.0 Å². The molecule has 0 radical (unpaired) electrons. The van der Waals surface area contributed by atoms with E-state index in [9.17, 15) is 9.59 Å². The maximum absolute atomic E-state index is 11.2. The summed E-state index contributed by atoms with van der Waals surface area (Å²) in [6.45, 7) is 0. The maximum atomic E-state index is 11.2. The fourth-order valence-corrected chi connectivity index (χ4v) is 2.36. The van der Waals surface area contributed by atoms with E-state index in [2.05, 4.69) is 4.74 Å². The van der Waals surface area contributed by atoms with Crippen molar-refractivity contribution in [3.05, 3.63) is 0 Å². The molecule has 1 aliphatic carbocycles. The third-order valence-electron chi connectivity index (χ3n) is 3.03. The zero-order valence-corrected chi connectivity index (χ0v) is 6.41. The Hall–Kier alpha value is -0.900. The Morgan fingerprint density at radius 2 is 2.17 bits per heavy atom. The van der Waals surface area contributed by atoms with Crippen molar-refractivity contribution in [1.82, 2.24) is 0 Å². The molecule has 0 amide bonds. The quantitative estimate of drug-likeness (QED) is 0.290. The molecule has 2 saturated heterocycles.